The van der Waals surface area contributed by atoms with Crippen LogP contribution in [0.5, 0.6) is 0 Å². The zero-order valence-electron chi connectivity index (χ0n) is 24.7. The molecular weight excluding hydrogens is 562 g/mol. The predicted octanol–water partition coefficient (Wildman–Crippen LogP) is 9.89. The Morgan fingerprint density at radius 1 is 0.391 bits per heavy atom. The lowest BCUT2D eigenvalue weighted by Crippen LogP contribution is -2.01. The molecule has 3 heterocycles. The molecular formula is C41H25N5. The van der Waals surface area contributed by atoms with Gasteiger partial charge in [0.25, 0.3) is 0 Å². The Kier molecular flexibility index (Phi) is 6.06. The van der Waals surface area contributed by atoms with Gasteiger partial charge in [-0.3, -0.25) is 9.97 Å². The lowest BCUT2D eigenvalue weighted by atomic mass is 9.88. The third kappa shape index (κ3) is 4.37. The van der Waals surface area contributed by atoms with Crippen LogP contribution in [0.25, 0.3) is 88.9 Å². The molecule has 6 aromatic carbocycles. The van der Waals surface area contributed by atoms with Crippen LogP contribution in [0.15, 0.2) is 152 Å². The highest BCUT2D eigenvalue weighted by Gasteiger charge is 2.19. The highest BCUT2D eigenvalue weighted by atomic mass is 15.0. The lowest BCUT2D eigenvalue weighted by molar-refractivity contribution is 1.08. The molecule has 0 aliphatic carbocycles. The molecule has 0 aliphatic heterocycles. The molecule has 0 N–H and O–H groups in total. The van der Waals surface area contributed by atoms with E-state index < -0.39 is 0 Å². The fourth-order valence-electron chi connectivity index (χ4n) is 6.43. The van der Waals surface area contributed by atoms with Gasteiger partial charge in [-0.1, -0.05) is 109 Å². The van der Waals surface area contributed by atoms with Crippen molar-refractivity contribution in [3.05, 3.63) is 152 Å². The average molecular weight is 588 g/mol. The van der Waals surface area contributed by atoms with Gasteiger partial charge in [-0.2, -0.15) is 0 Å². The van der Waals surface area contributed by atoms with Crippen LogP contribution in [0.2, 0.25) is 0 Å². The Labute approximate surface area is 265 Å². The summed E-state index contributed by atoms with van der Waals surface area (Å²) in [5, 5.41) is 7.01. The van der Waals surface area contributed by atoms with Crippen molar-refractivity contribution >= 4 is 32.3 Å². The molecule has 0 amide bonds. The van der Waals surface area contributed by atoms with Crippen LogP contribution in [-0.2, 0) is 0 Å². The number of benzene rings is 6. The fraction of sp³-hybridized carbons (Fsp3) is 0. The number of rotatable bonds is 5. The van der Waals surface area contributed by atoms with Crippen molar-refractivity contribution < 1.29 is 0 Å². The van der Waals surface area contributed by atoms with E-state index in [1.807, 2.05) is 79.0 Å². The van der Waals surface area contributed by atoms with Gasteiger partial charge in [0.15, 0.2) is 17.5 Å². The second kappa shape index (κ2) is 10.7. The summed E-state index contributed by atoms with van der Waals surface area (Å²) in [4.78, 5) is 24.1. The molecule has 0 fully saturated rings. The number of aromatic nitrogens is 5. The number of hydrogen-bond donors (Lipinski definition) is 0. The van der Waals surface area contributed by atoms with Crippen molar-refractivity contribution in [2.75, 3.05) is 0 Å². The largest absolute Gasteiger partial charge is 0.265 e. The normalized spacial score (nSPS) is 11.5. The first-order valence-corrected chi connectivity index (χ1v) is 15.2. The fourth-order valence-corrected chi connectivity index (χ4v) is 6.43. The average Bonchev–Trinajstić information content (AvgIpc) is 3.14. The molecule has 46 heavy (non-hydrogen) atoms. The van der Waals surface area contributed by atoms with E-state index in [4.69, 9.17) is 19.9 Å². The van der Waals surface area contributed by atoms with Crippen LogP contribution >= 0.6 is 0 Å². The van der Waals surface area contributed by atoms with Gasteiger partial charge >= 0.3 is 0 Å². The zero-order valence-corrected chi connectivity index (χ0v) is 24.7. The summed E-state index contributed by atoms with van der Waals surface area (Å²) >= 11 is 0. The van der Waals surface area contributed by atoms with Gasteiger partial charge in [0, 0.05) is 46.4 Å². The van der Waals surface area contributed by atoms with Gasteiger partial charge in [0.05, 0.1) is 5.69 Å². The summed E-state index contributed by atoms with van der Waals surface area (Å²) in [7, 11) is 0. The summed E-state index contributed by atoms with van der Waals surface area (Å²) < 4.78 is 0. The van der Waals surface area contributed by atoms with Crippen LogP contribution in [0.3, 0.4) is 0 Å². The summed E-state index contributed by atoms with van der Waals surface area (Å²) in [6, 6.07) is 46.0. The summed E-state index contributed by atoms with van der Waals surface area (Å²) in [6.45, 7) is 0. The predicted molar refractivity (Wildman–Crippen MR) is 186 cm³/mol. The minimum absolute atomic E-state index is 0.651. The van der Waals surface area contributed by atoms with E-state index in [9.17, 15) is 0 Å². The molecule has 0 aliphatic rings. The molecule has 3 aromatic heterocycles. The quantitative estimate of drug-likeness (QED) is 0.188. The number of pyridine rings is 2. The third-order valence-corrected chi connectivity index (χ3v) is 8.64. The molecule has 9 aromatic rings. The minimum Gasteiger partial charge on any atom is -0.265 e. The minimum atomic E-state index is 0.651. The molecule has 0 bridgehead atoms. The lowest BCUT2D eigenvalue weighted by Gasteiger charge is -2.17. The van der Waals surface area contributed by atoms with E-state index in [-0.39, 0.29) is 0 Å². The maximum absolute atomic E-state index is 5.07. The van der Waals surface area contributed by atoms with Crippen LogP contribution in [-0.4, -0.2) is 24.9 Å². The Morgan fingerprint density at radius 2 is 1.04 bits per heavy atom. The molecule has 9 rings (SSSR count). The standard InChI is InChI=1S/C41H25N5/c1-3-8-28(9-4-1)39-44-40(29-10-5-2-6-11-29)46-41(45-39)35-24-30-15-17-32(34-18-14-27-12-7-13-33(35)37(27)38(30)34)36-19-16-31(25-43-36)26-20-22-42-23-21-26/h1-25H. The maximum Gasteiger partial charge on any atom is 0.164 e. The van der Waals surface area contributed by atoms with Crippen molar-refractivity contribution in [3.8, 4) is 56.5 Å². The van der Waals surface area contributed by atoms with E-state index in [2.05, 4.69) is 65.6 Å². The van der Waals surface area contributed by atoms with E-state index in [0.717, 1.165) is 49.8 Å². The molecule has 0 saturated heterocycles. The number of nitrogens with zero attached hydrogens (tertiary/aromatic N) is 5. The van der Waals surface area contributed by atoms with Crippen LogP contribution in [0.1, 0.15) is 0 Å². The highest BCUT2D eigenvalue weighted by molar-refractivity contribution is 6.28. The summed E-state index contributed by atoms with van der Waals surface area (Å²) in [5.74, 6) is 1.96. The highest BCUT2D eigenvalue weighted by Crippen LogP contribution is 2.43. The van der Waals surface area contributed by atoms with Gasteiger partial charge < -0.3 is 0 Å². The smallest absolute Gasteiger partial charge is 0.164 e. The summed E-state index contributed by atoms with van der Waals surface area (Å²) in [6.07, 6.45) is 5.55. The molecule has 0 atom stereocenters. The van der Waals surface area contributed by atoms with Crippen LogP contribution in [0.4, 0.5) is 0 Å². The molecule has 0 unspecified atom stereocenters. The van der Waals surface area contributed by atoms with Crippen molar-refractivity contribution in [1.82, 2.24) is 24.9 Å². The third-order valence-electron chi connectivity index (χ3n) is 8.64. The molecule has 0 saturated carbocycles. The van der Waals surface area contributed by atoms with E-state index in [1.165, 1.54) is 21.5 Å². The first-order valence-electron chi connectivity index (χ1n) is 15.2. The SMILES string of the molecule is c1ccc(-c2nc(-c3ccccc3)nc(-c3cc4ccc(-c5ccc(-c6ccncc6)cn5)c5ccc6cccc3c6c45)n2)cc1. The Bertz CT molecular complexity index is 2440. The zero-order chi connectivity index (χ0) is 30.5. The van der Waals surface area contributed by atoms with Crippen molar-refractivity contribution in [1.29, 1.82) is 0 Å². The molecule has 5 nitrogen and oxygen atoms in total. The van der Waals surface area contributed by atoms with E-state index in [0.29, 0.717) is 17.5 Å². The van der Waals surface area contributed by atoms with Crippen LogP contribution in [0, 0.1) is 0 Å². The van der Waals surface area contributed by atoms with E-state index >= 15 is 0 Å². The van der Waals surface area contributed by atoms with Crippen molar-refractivity contribution in [2.45, 2.75) is 0 Å². The molecule has 5 heteroatoms. The Balaban J connectivity index is 1.26. The van der Waals surface area contributed by atoms with Crippen LogP contribution < -0.4 is 0 Å². The molecule has 214 valence electrons. The van der Waals surface area contributed by atoms with Crippen molar-refractivity contribution in [3.63, 3.8) is 0 Å². The monoisotopic (exact) mass is 587 g/mol. The van der Waals surface area contributed by atoms with Gasteiger partial charge in [-0.25, -0.2) is 15.0 Å². The first kappa shape index (κ1) is 26.1. The van der Waals surface area contributed by atoms with Gasteiger partial charge in [0.2, 0.25) is 0 Å². The number of hydrogen-bond acceptors (Lipinski definition) is 5. The maximum atomic E-state index is 5.07. The molecule has 0 radical (unpaired) electrons. The topological polar surface area (TPSA) is 64.5 Å². The van der Waals surface area contributed by atoms with Gasteiger partial charge in [-0.05, 0) is 62.1 Å². The van der Waals surface area contributed by atoms with Gasteiger partial charge in [-0.15, -0.1) is 0 Å². The van der Waals surface area contributed by atoms with E-state index in [1.54, 1.807) is 12.4 Å². The van der Waals surface area contributed by atoms with Crippen molar-refractivity contribution in [2.24, 2.45) is 0 Å². The second-order valence-corrected chi connectivity index (χ2v) is 11.4. The summed E-state index contributed by atoms with van der Waals surface area (Å²) in [5.41, 5.74) is 7.09. The van der Waals surface area contributed by atoms with Gasteiger partial charge in [0.1, 0.15) is 0 Å². The Hall–Kier alpha value is -6.33. The molecule has 0 spiro atoms. The Morgan fingerprint density at radius 3 is 1.74 bits per heavy atom. The first-order chi connectivity index (χ1) is 22.8. The second-order valence-electron chi connectivity index (χ2n) is 11.4.